The molecule has 10 heteroatoms. The molecule has 8 rings (SSSR count). The number of Topliss-reactive ketones (excluding diaryl/α,β-unsaturated/α-hetero) is 2. The zero-order valence-electron chi connectivity index (χ0n) is 32.4. The monoisotopic (exact) mass is 765 g/mol. The van der Waals surface area contributed by atoms with Crippen LogP contribution in [0.15, 0.2) is 109 Å². The van der Waals surface area contributed by atoms with Crippen LogP contribution in [0.25, 0.3) is 44.3 Å². The molecule has 0 atom stereocenters. The van der Waals surface area contributed by atoms with E-state index in [1.165, 1.54) is 19.3 Å². The van der Waals surface area contributed by atoms with Crippen LogP contribution in [-0.2, 0) is 31.9 Å². The number of amides is 1. The second kappa shape index (κ2) is 19.7. The molecule has 0 aliphatic carbocycles. The van der Waals surface area contributed by atoms with Crippen molar-refractivity contribution in [3.05, 3.63) is 131 Å². The lowest BCUT2D eigenvalue weighted by Gasteiger charge is -2.27. The van der Waals surface area contributed by atoms with Crippen molar-refractivity contribution < 1.29 is 33.8 Å². The predicted octanol–water partition coefficient (Wildman–Crippen LogP) is 8.42. The summed E-state index contributed by atoms with van der Waals surface area (Å²) in [7, 11) is 0. The molecule has 0 radical (unpaired) electrons. The number of benzene rings is 4. The number of pyridine rings is 2. The third-order valence-corrected chi connectivity index (χ3v) is 9.67. The first kappa shape index (κ1) is 40.6. The lowest BCUT2D eigenvalue weighted by atomic mass is 10.0. The highest BCUT2D eigenvalue weighted by Gasteiger charge is 2.22. The van der Waals surface area contributed by atoms with Gasteiger partial charge in [-0.15, -0.1) is 0 Å². The number of ketones is 2. The van der Waals surface area contributed by atoms with Crippen molar-refractivity contribution >= 4 is 45.2 Å². The summed E-state index contributed by atoms with van der Waals surface area (Å²) in [6.45, 7) is 7.48. The van der Waals surface area contributed by atoms with E-state index < -0.39 is 5.97 Å². The first-order chi connectivity index (χ1) is 27.7. The molecule has 4 heterocycles. The van der Waals surface area contributed by atoms with Gasteiger partial charge in [0.15, 0.2) is 0 Å². The highest BCUT2D eigenvalue weighted by atomic mass is 16.5. The van der Waals surface area contributed by atoms with Crippen LogP contribution in [0.3, 0.4) is 0 Å². The first-order valence-corrected chi connectivity index (χ1v) is 19.3. The molecule has 4 aromatic carbocycles. The van der Waals surface area contributed by atoms with Crippen molar-refractivity contribution in [3.8, 4) is 22.5 Å². The van der Waals surface area contributed by atoms with Gasteiger partial charge in [0.2, 0.25) is 0 Å². The largest absolute Gasteiger partial charge is 0.478 e. The molecule has 0 bridgehead atoms. The molecular formula is C47H47N3O7. The minimum absolute atomic E-state index is 0.0105. The standard InChI is InChI=1S/C23H22N2O3.C19H15NO3.C5H10O/c1-16(26)14-17-6-8-18(9-7-17)22-15-20(19-4-2-3-5-21(19)24-22)23(27)25-10-12-28-13-11-25;1-12(21)10-13-6-8-14(9-7-13)18-11-16(19(22)23)15-4-2-3-5-17(15)20-18;1-2-4-6-5-3-1/h2-9,15H,10-14H2,1H3;2-9,11H,10H2,1H3,(H,22,23);1-5H2. The molecule has 2 aliphatic heterocycles. The van der Waals surface area contributed by atoms with Gasteiger partial charge in [-0.3, -0.25) is 14.4 Å². The highest BCUT2D eigenvalue weighted by molar-refractivity contribution is 6.07. The minimum atomic E-state index is -0.974. The highest BCUT2D eigenvalue weighted by Crippen LogP contribution is 2.28. The van der Waals surface area contributed by atoms with Gasteiger partial charge in [0.05, 0.1) is 46.8 Å². The van der Waals surface area contributed by atoms with Crippen LogP contribution in [0.4, 0.5) is 0 Å². The van der Waals surface area contributed by atoms with E-state index in [1.807, 2.05) is 89.8 Å². The number of carbonyl (C=O) groups excluding carboxylic acids is 3. The topological polar surface area (TPSA) is 136 Å². The van der Waals surface area contributed by atoms with Crippen molar-refractivity contribution in [2.24, 2.45) is 0 Å². The molecular weight excluding hydrogens is 719 g/mol. The lowest BCUT2D eigenvalue weighted by Crippen LogP contribution is -2.40. The zero-order valence-corrected chi connectivity index (χ0v) is 32.4. The van der Waals surface area contributed by atoms with Crippen molar-refractivity contribution in [2.45, 2.75) is 46.0 Å². The maximum absolute atomic E-state index is 13.2. The Morgan fingerprint density at radius 3 is 1.44 bits per heavy atom. The van der Waals surface area contributed by atoms with E-state index in [1.54, 1.807) is 38.1 Å². The molecule has 6 aromatic rings. The number of para-hydroxylation sites is 2. The summed E-state index contributed by atoms with van der Waals surface area (Å²) in [4.78, 5) is 58.3. The van der Waals surface area contributed by atoms with Crippen LogP contribution < -0.4 is 0 Å². The van der Waals surface area contributed by atoms with Gasteiger partial charge < -0.3 is 19.5 Å². The maximum atomic E-state index is 13.2. The molecule has 2 aliphatic rings. The molecule has 1 N–H and O–H groups in total. The van der Waals surface area contributed by atoms with E-state index in [2.05, 4.69) is 4.98 Å². The number of carbonyl (C=O) groups is 4. The Morgan fingerprint density at radius 2 is 1.02 bits per heavy atom. The summed E-state index contributed by atoms with van der Waals surface area (Å²) in [5.41, 5.74) is 7.36. The third kappa shape index (κ3) is 11.0. The van der Waals surface area contributed by atoms with Crippen LogP contribution >= 0.6 is 0 Å². The number of hydrogen-bond donors (Lipinski definition) is 1. The van der Waals surface area contributed by atoms with Gasteiger partial charge in [-0.2, -0.15) is 0 Å². The summed E-state index contributed by atoms with van der Waals surface area (Å²) < 4.78 is 10.4. The quantitative estimate of drug-likeness (QED) is 0.162. The number of aromatic carboxylic acids is 1. The predicted molar refractivity (Wildman–Crippen MR) is 221 cm³/mol. The SMILES string of the molecule is C1CCOCC1.CC(=O)Cc1ccc(-c2cc(C(=O)N3CCOCC3)c3ccccc3n2)cc1.CC(=O)Cc1ccc(-c2cc(C(=O)O)c3ccccc3n2)cc1. The summed E-state index contributed by atoms with van der Waals surface area (Å²) >= 11 is 0. The van der Waals surface area contributed by atoms with E-state index in [0.29, 0.717) is 61.3 Å². The molecule has 10 nitrogen and oxygen atoms in total. The fourth-order valence-electron chi connectivity index (χ4n) is 6.79. The summed E-state index contributed by atoms with van der Waals surface area (Å²) in [6, 6.07) is 33.6. The van der Waals surface area contributed by atoms with Crippen LogP contribution in [0, 0.1) is 0 Å². The second-order valence-corrected chi connectivity index (χ2v) is 14.2. The van der Waals surface area contributed by atoms with Gasteiger partial charge in [-0.1, -0.05) is 84.9 Å². The Hall–Kier alpha value is -6.10. The summed E-state index contributed by atoms with van der Waals surface area (Å²) in [6.07, 6.45) is 4.75. The lowest BCUT2D eigenvalue weighted by molar-refractivity contribution is -0.117. The number of fused-ring (bicyclic) bond motifs is 2. The average Bonchev–Trinajstić information content (AvgIpc) is 3.24. The number of hydrogen-bond acceptors (Lipinski definition) is 8. The molecule has 2 aromatic heterocycles. The number of nitrogens with zero attached hydrogens (tertiary/aromatic N) is 3. The minimum Gasteiger partial charge on any atom is -0.478 e. The summed E-state index contributed by atoms with van der Waals surface area (Å²) in [5.74, 6) is -0.723. The van der Waals surface area contributed by atoms with E-state index in [0.717, 1.165) is 52.1 Å². The smallest absolute Gasteiger partial charge is 0.336 e. The van der Waals surface area contributed by atoms with Gasteiger partial charge in [0.1, 0.15) is 11.6 Å². The van der Waals surface area contributed by atoms with Gasteiger partial charge >= 0.3 is 5.97 Å². The van der Waals surface area contributed by atoms with Gasteiger partial charge in [-0.25, -0.2) is 14.8 Å². The van der Waals surface area contributed by atoms with Gasteiger partial charge in [0.25, 0.3) is 5.91 Å². The number of carboxylic acid groups (broad SMARTS) is 1. The second-order valence-electron chi connectivity index (χ2n) is 14.2. The zero-order chi connectivity index (χ0) is 40.1. The fraction of sp³-hybridized carbons (Fsp3) is 0.277. The van der Waals surface area contributed by atoms with Crippen LogP contribution in [-0.4, -0.2) is 82.9 Å². The maximum Gasteiger partial charge on any atom is 0.336 e. The van der Waals surface area contributed by atoms with Gasteiger partial charge in [0, 0.05) is 61.0 Å². The van der Waals surface area contributed by atoms with E-state index in [-0.39, 0.29) is 23.0 Å². The van der Waals surface area contributed by atoms with Gasteiger partial charge in [-0.05, 0) is 68.5 Å². The average molecular weight is 766 g/mol. The Labute approximate surface area is 332 Å². The number of morpholine rings is 1. The Bertz CT molecular complexity index is 2340. The van der Waals surface area contributed by atoms with Crippen LogP contribution in [0.2, 0.25) is 0 Å². The first-order valence-electron chi connectivity index (χ1n) is 19.3. The molecule has 0 spiro atoms. The Morgan fingerprint density at radius 1 is 0.579 bits per heavy atom. The number of aromatic nitrogens is 2. The third-order valence-electron chi connectivity index (χ3n) is 9.67. The molecule has 2 fully saturated rings. The van der Waals surface area contributed by atoms with E-state index >= 15 is 0 Å². The Kier molecular flexibility index (Phi) is 14.0. The molecule has 0 saturated carbocycles. The van der Waals surface area contributed by atoms with Crippen molar-refractivity contribution in [3.63, 3.8) is 0 Å². The van der Waals surface area contributed by atoms with Crippen molar-refractivity contribution in [1.29, 1.82) is 0 Å². The van der Waals surface area contributed by atoms with Crippen molar-refractivity contribution in [2.75, 3.05) is 39.5 Å². The molecule has 2 saturated heterocycles. The van der Waals surface area contributed by atoms with Crippen LogP contribution in [0.1, 0.15) is 65.0 Å². The Balaban J connectivity index is 0.000000170. The molecule has 292 valence electrons. The van der Waals surface area contributed by atoms with Crippen LogP contribution in [0.5, 0.6) is 0 Å². The number of ether oxygens (including phenoxy) is 2. The van der Waals surface area contributed by atoms with E-state index in [9.17, 15) is 24.3 Å². The number of rotatable bonds is 8. The van der Waals surface area contributed by atoms with Crippen molar-refractivity contribution in [1.82, 2.24) is 14.9 Å². The molecule has 0 unspecified atom stereocenters. The summed E-state index contributed by atoms with van der Waals surface area (Å²) in [5, 5.41) is 10.9. The fourth-order valence-corrected chi connectivity index (χ4v) is 6.79. The number of carboxylic acids is 1. The molecule has 1 amide bonds. The normalized spacial score (nSPS) is 13.8. The molecule has 57 heavy (non-hydrogen) atoms. The van der Waals surface area contributed by atoms with E-state index in [4.69, 9.17) is 14.5 Å².